The van der Waals surface area contributed by atoms with Gasteiger partial charge in [0.05, 0.1) is 24.9 Å². The minimum atomic E-state index is -3.15. The first-order chi connectivity index (χ1) is 13.4. The third kappa shape index (κ3) is 3.81. The van der Waals surface area contributed by atoms with E-state index in [-0.39, 0.29) is 0 Å². The molecule has 0 spiro atoms. The molecule has 1 aliphatic heterocycles. The Morgan fingerprint density at radius 1 is 1.07 bits per heavy atom. The number of para-hydroxylation sites is 1. The van der Waals surface area contributed by atoms with Crippen LogP contribution in [0.1, 0.15) is 0 Å². The van der Waals surface area contributed by atoms with E-state index in [1.165, 1.54) is 10.6 Å². The van der Waals surface area contributed by atoms with Gasteiger partial charge in [-0.15, -0.1) is 5.10 Å². The number of aromatic nitrogens is 3. The lowest BCUT2D eigenvalue weighted by atomic mass is 10.3. The summed E-state index contributed by atoms with van der Waals surface area (Å²) in [5.74, 6) is 1.27. The van der Waals surface area contributed by atoms with E-state index in [1.807, 2.05) is 47.0 Å². The molecule has 2 aromatic heterocycles. The fourth-order valence-corrected chi connectivity index (χ4v) is 4.38. The highest BCUT2D eigenvalue weighted by Gasteiger charge is 2.24. The van der Waals surface area contributed by atoms with Crippen molar-refractivity contribution in [1.29, 1.82) is 0 Å². The predicted octanol–water partition coefficient (Wildman–Crippen LogP) is 2.20. The third-order valence-corrected chi connectivity index (χ3v) is 6.43. The topological polar surface area (TPSA) is 76.5 Å². The summed E-state index contributed by atoms with van der Waals surface area (Å²) in [7, 11) is -3.15. The summed E-state index contributed by atoms with van der Waals surface area (Å²) in [5.41, 5.74) is 0.909. The zero-order valence-electron chi connectivity index (χ0n) is 15.4. The second kappa shape index (κ2) is 7.63. The van der Waals surface area contributed by atoms with E-state index in [9.17, 15) is 8.42 Å². The highest BCUT2D eigenvalue weighted by molar-refractivity contribution is 7.88. The Hall–Kier alpha value is -2.27. The maximum absolute atomic E-state index is 11.7. The molecule has 0 amide bonds. The fourth-order valence-electron chi connectivity index (χ4n) is 3.27. The lowest BCUT2D eigenvalue weighted by Gasteiger charge is -2.32. The monoisotopic (exact) mass is 419 g/mol. The molecule has 0 unspecified atom stereocenters. The van der Waals surface area contributed by atoms with E-state index >= 15 is 0 Å². The summed E-state index contributed by atoms with van der Waals surface area (Å²) in [6, 6.07) is 13.5. The van der Waals surface area contributed by atoms with Crippen LogP contribution < -0.4 is 0 Å². The number of hydrogen-bond acceptors (Lipinski definition) is 6. The average Bonchev–Trinajstić information content (AvgIpc) is 3.31. The van der Waals surface area contributed by atoms with Crippen LogP contribution in [0, 0.1) is 4.77 Å². The molecule has 0 atom stereocenters. The smallest absolute Gasteiger partial charge is 0.211 e. The van der Waals surface area contributed by atoms with E-state index in [1.54, 1.807) is 10.9 Å². The molecule has 1 fully saturated rings. The van der Waals surface area contributed by atoms with Gasteiger partial charge < -0.3 is 4.42 Å². The minimum absolute atomic E-state index is 0.469. The molecule has 0 bridgehead atoms. The average molecular weight is 420 g/mol. The summed E-state index contributed by atoms with van der Waals surface area (Å²) in [6.45, 7) is 2.68. The molecule has 10 heteroatoms. The Kier molecular flexibility index (Phi) is 5.19. The summed E-state index contributed by atoms with van der Waals surface area (Å²) in [4.78, 5) is 2.14. The van der Waals surface area contributed by atoms with E-state index in [2.05, 4.69) is 4.90 Å². The first-order valence-electron chi connectivity index (χ1n) is 8.90. The molecule has 28 heavy (non-hydrogen) atoms. The zero-order valence-corrected chi connectivity index (χ0v) is 17.1. The van der Waals surface area contributed by atoms with Crippen molar-refractivity contribution in [1.82, 2.24) is 23.6 Å². The molecule has 0 N–H and O–H groups in total. The van der Waals surface area contributed by atoms with Crippen molar-refractivity contribution in [3.8, 4) is 17.3 Å². The molecular weight excluding hydrogens is 398 g/mol. The van der Waals surface area contributed by atoms with Crippen molar-refractivity contribution in [2.75, 3.05) is 32.4 Å². The predicted molar refractivity (Wildman–Crippen MR) is 108 cm³/mol. The summed E-state index contributed by atoms with van der Waals surface area (Å²) < 4.78 is 34.7. The van der Waals surface area contributed by atoms with Crippen LogP contribution in [0.4, 0.5) is 0 Å². The van der Waals surface area contributed by atoms with E-state index in [4.69, 9.17) is 21.7 Å². The van der Waals surface area contributed by atoms with Crippen LogP contribution in [0.2, 0.25) is 0 Å². The van der Waals surface area contributed by atoms with Gasteiger partial charge in [-0.3, -0.25) is 9.47 Å². The highest BCUT2D eigenvalue weighted by Crippen LogP contribution is 2.23. The maximum Gasteiger partial charge on any atom is 0.211 e. The Morgan fingerprint density at radius 3 is 2.39 bits per heavy atom. The van der Waals surface area contributed by atoms with Crippen molar-refractivity contribution in [2.45, 2.75) is 6.67 Å². The normalized spacial score (nSPS) is 16.5. The summed E-state index contributed by atoms with van der Waals surface area (Å²) in [5, 5.41) is 4.70. The Balaban J connectivity index is 1.63. The number of piperazine rings is 1. The zero-order chi connectivity index (χ0) is 19.7. The Morgan fingerprint density at radius 2 is 1.79 bits per heavy atom. The van der Waals surface area contributed by atoms with Gasteiger partial charge in [0.2, 0.25) is 20.6 Å². The Labute approximate surface area is 168 Å². The van der Waals surface area contributed by atoms with Crippen LogP contribution in [0.15, 0.2) is 53.1 Å². The van der Waals surface area contributed by atoms with Crippen LogP contribution in [-0.4, -0.2) is 64.4 Å². The van der Waals surface area contributed by atoms with Gasteiger partial charge in [-0.05, 0) is 36.5 Å². The van der Waals surface area contributed by atoms with Gasteiger partial charge in [0, 0.05) is 26.2 Å². The number of nitrogens with zero attached hydrogens (tertiary/aromatic N) is 5. The standard InChI is InChI=1S/C18H21N5O3S2/c1-28(24,25)21-11-9-20(10-12-21)14-22-18(27)23(15-6-3-2-4-7-15)17(19-22)16-8-5-13-26-16/h2-8,13H,9-12,14H2,1H3. The first-order valence-corrected chi connectivity index (χ1v) is 11.2. The SMILES string of the molecule is CS(=O)(=O)N1CCN(Cn2nc(-c3ccco3)n(-c3ccccc3)c2=S)CC1. The van der Waals surface area contributed by atoms with Crippen LogP contribution in [0.25, 0.3) is 17.3 Å². The first kappa shape index (κ1) is 19.1. The number of furan rings is 1. The van der Waals surface area contributed by atoms with E-state index in [0.717, 1.165) is 5.69 Å². The van der Waals surface area contributed by atoms with Gasteiger partial charge in [-0.25, -0.2) is 13.1 Å². The molecule has 1 saturated heterocycles. The van der Waals surface area contributed by atoms with Crippen molar-refractivity contribution in [3.05, 3.63) is 53.5 Å². The van der Waals surface area contributed by atoms with Gasteiger partial charge >= 0.3 is 0 Å². The van der Waals surface area contributed by atoms with Gasteiger partial charge in [0.1, 0.15) is 0 Å². The molecule has 4 rings (SSSR count). The number of hydrogen-bond donors (Lipinski definition) is 0. The number of sulfonamides is 1. The van der Waals surface area contributed by atoms with Gasteiger partial charge in [0.25, 0.3) is 0 Å². The van der Waals surface area contributed by atoms with E-state index in [0.29, 0.717) is 49.2 Å². The van der Waals surface area contributed by atoms with Crippen LogP contribution >= 0.6 is 12.2 Å². The minimum Gasteiger partial charge on any atom is -0.461 e. The van der Waals surface area contributed by atoms with Crippen LogP contribution in [0.5, 0.6) is 0 Å². The summed E-state index contributed by atoms with van der Waals surface area (Å²) in [6.07, 6.45) is 2.85. The molecule has 0 aliphatic carbocycles. The van der Waals surface area contributed by atoms with Crippen molar-refractivity contribution in [2.24, 2.45) is 0 Å². The molecule has 148 valence electrons. The second-order valence-corrected chi connectivity index (χ2v) is 9.02. The lowest BCUT2D eigenvalue weighted by molar-refractivity contribution is 0.145. The highest BCUT2D eigenvalue weighted by atomic mass is 32.2. The molecule has 1 aliphatic rings. The van der Waals surface area contributed by atoms with Crippen LogP contribution in [-0.2, 0) is 16.7 Å². The van der Waals surface area contributed by atoms with Crippen LogP contribution in [0.3, 0.4) is 0 Å². The lowest BCUT2D eigenvalue weighted by Crippen LogP contribution is -2.48. The summed E-state index contributed by atoms with van der Waals surface area (Å²) >= 11 is 5.71. The largest absolute Gasteiger partial charge is 0.461 e. The number of rotatable bonds is 5. The van der Waals surface area contributed by atoms with Gasteiger partial charge in [-0.1, -0.05) is 18.2 Å². The molecule has 3 heterocycles. The second-order valence-electron chi connectivity index (χ2n) is 6.68. The molecular formula is C18H21N5O3S2. The van der Waals surface area contributed by atoms with Crippen molar-refractivity contribution < 1.29 is 12.8 Å². The van der Waals surface area contributed by atoms with E-state index < -0.39 is 10.0 Å². The fraction of sp³-hybridized carbons (Fsp3) is 0.333. The maximum atomic E-state index is 11.7. The molecule has 0 radical (unpaired) electrons. The Bertz CT molecular complexity index is 1100. The van der Waals surface area contributed by atoms with Crippen molar-refractivity contribution >= 4 is 22.2 Å². The van der Waals surface area contributed by atoms with Crippen molar-refractivity contribution in [3.63, 3.8) is 0 Å². The molecule has 8 nitrogen and oxygen atoms in total. The number of benzene rings is 1. The molecule has 3 aromatic rings. The third-order valence-electron chi connectivity index (χ3n) is 4.73. The molecule has 0 saturated carbocycles. The van der Waals surface area contributed by atoms with Gasteiger partial charge in [0.15, 0.2) is 5.76 Å². The quantitative estimate of drug-likeness (QED) is 0.590. The molecule has 1 aromatic carbocycles. The van der Waals surface area contributed by atoms with Gasteiger partial charge in [-0.2, -0.15) is 4.31 Å².